The number of ether oxygens (including phenoxy) is 2. The Kier molecular flexibility index (Phi) is 4.49. The van der Waals surface area contributed by atoms with Gasteiger partial charge in [-0.1, -0.05) is 48.0 Å². The number of nitrogens with two attached hydrogens (primary N) is 1. The van der Waals surface area contributed by atoms with Crippen molar-refractivity contribution >= 4 is 29.2 Å². The highest BCUT2D eigenvalue weighted by molar-refractivity contribution is 6.31. The summed E-state index contributed by atoms with van der Waals surface area (Å²) in [6.07, 6.45) is 0. The third-order valence-electron chi connectivity index (χ3n) is 5.96. The average molecular weight is 451 g/mol. The minimum Gasteiger partial charge on any atom is -0.465 e. The smallest absolute Gasteiger partial charge is 0.340 e. The van der Waals surface area contributed by atoms with Crippen molar-refractivity contribution < 1.29 is 19.1 Å². The molecule has 162 valence electrons. The number of methoxy groups -OCH3 is 1. The van der Waals surface area contributed by atoms with Crippen molar-refractivity contribution in [3.8, 4) is 5.88 Å². The van der Waals surface area contributed by atoms with E-state index in [9.17, 15) is 9.59 Å². The molecule has 2 aliphatic heterocycles. The van der Waals surface area contributed by atoms with Gasteiger partial charge in [0.05, 0.1) is 19.2 Å². The molecule has 0 radical (unpaired) electrons. The second-order valence-electron chi connectivity index (χ2n) is 7.61. The Labute approximate surface area is 188 Å². The number of nitrogens with one attached hydrogen (secondary N) is 1. The van der Waals surface area contributed by atoms with Crippen LogP contribution in [0.1, 0.15) is 22.4 Å². The van der Waals surface area contributed by atoms with Crippen molar-refractivity contribution in [3.05, 3.63) is 87.4 Å². The van der Waals surface area contributed by atoms with Crippen LogP contribution in [0.25, 0.3) is 0 Å². The number of fused-ring (bicyclic) bond motifs is 4. The monoisotopic (exact) mass is 450 g/mol. The molecule has 1 spiro atoms. The number of nitrogens with zero attached hydrogens (tertiary/aromatic N) is 2. The van der Waals surface area contributed by atoms with Crippen LogP contribution in [0.5, 0.6) is 5.88 Å². The number of aromatic amines is 1. The molecule has 1 aromatic heterocycles. The summed E-state index contributed by atoms with van der Waals surface area (Å²) in [5, 5.41) is 7.56. The molecular formula is C23H19ClN4O4. The van der Waals surface area contributed by atoms with E-state index < -0.39 is 11.4 Å². The van der Waals surface area contributed by atoms with Gasteiger partial charge in [0.1, 0.15) is 11.0 Å². The van der Waals surface area contributed by atoms with Crippen molar-refractivity contribution in [2.45, 2.75) is 18.9 Å². The minimum absolute atomic E-state index is 0.0730. The van der Waals surface area contributed by atoms with E-state index in [1.165, 1.54) is 7.11 Å². The third kappa shape index (κ3) is 2.53. The normalized spacial score (nSPS) is 19.1. The highest BCUT2D eigenvalue weighted by Gasteiger charge is 2.62. The number of carbonyl (C=O) groups excluding carboxylic acids is 2. The van der Waals surface area contributed by atoms with E-state index >= 15 is 0 Å². The Balaban J connectivity index is 1.81. The number of aromatic nitrogens is 2. The molecule has 1 atom stereocenters. The second kappa shape index (κ2) is 7.13. The van der Waals surface area contributed by atoms with Crippen LogP contribution < -0.4 is 15.4 Å². The largest absolute Gasteiger partial charge is 0.465 e. The summed E-state index contributed by atoms with van der Waals surface area (Å²) < 4.78 is 10.7. The molecule has 2 aliphatic rings. The molecule has 0 bridgehead atoms. The second-order valence-corrected chi connectivity index (χ2v) is 8.02. The van der Waals surface area contributed by atoms with Crippen molar-refractivity contribution in [3.63, 3.8) is 0 Å². The number of aryl methyl sites for hydroxylation is 1. The number of para-hydroxylation sites is 1. The van der Waals surface area contributed by atoms with Gasteiger partial charge >= 0.3 is 5.97 Å². The number of esters is 1. The van der Waals surface area contributed by atoms with Crippen LogP contribution in [0.4, 0.5) is 5.69 Å². The first-order chi connectivity index (χ1) is 15.4. The van der Waals surface area contributed by atoms with E-state index in [1.807, 2.05) is 36.4 Å². The number of anilines is 1. The summed E-state index contributed by atoms with van der Waals surface area (Å²) >= 11 is 6.39. The molecule has 0 unspecified atom stereocenters. The Morgan fingerprint density at radius 2 is 1.97 bits per heavy atom. The SMILES string of the molecule is COC(=O)C1=C(N)Oc2n[nH]c(C)c2[C@@]12C(=O)N(Cc1ccccc1Cl)c1ccccc12. The maximum Gasteiger partial charge on any atom is 0.340 e. The zero-order valence-electron chi connectivity index (χ0n) is 17.3. The van der Waals surface area contributed by atoms with Crippen molar-refractivity contribution in [2.24, 2.45) is 5.73 Å². The van der Waals surface area contributed by atoms with Crippen molar-refractivity contribution in [1.29, 1.82) is 0 Å². The number of carbonyl (C=O) groups is 2. The molecule has 0 aliphatic carbocycles. The number of halogens is 1. The molecule has 2 aromatic carbocycles. The zero-order valence-corrected chi connectivity index (χ0v) is 18.1. The summed E-state index contributed by atoms with van der Waals surface area (Å²) in [5.74, 6) is -1.19. The number of hydrogen-bond acceptors (Lipinski definition) is 6. The topological polar surface area (TPSA) is 111 Å². The lowest BCUT2D eigenvalue weighted by Crippen LogP contribution is -2.48. The lowest BCUT2D eigenvalue weighted by atomic mass is 9.68. The average Bonchev–Trinajstić information content (AvgIpc) is 3.27. The van der Waals surface area contributed by atoms with Gasteiger partial charge in [0.2, 0.25) is 17.7 Å². The number of hydrogen-bond donors (Lipinski definition) is 2. The van der Waals surface area contributed by atoms with E-state index in [1.54, 1.807) is 24.0 Å². The lowest BCUT2D eigenvalue weighted by Gasteiger charge is -2.34. The van der Waals surface area contributed by atoms with Crippen LogP contribution >= 0.6 is 11.6 Å². The fourth-order valence-electron chi connectivity index (χ4n) is 4.63. The summed E-state index contributed by atoms with van der Waals surface area (Å²) in [5.41, 5.74) is 7.56. The molecule has 3 heterocycles. The van der Waals surface area contributed by atoms with Gasteiger partial charge in [0.15, 0.2) is 0 Å². The van der Waals surface area contributed by atoms with Crippen LogP contribution in [-0.2, 0) is 26.3 Å². The first kappa shape index (κ1) is 20.1. The number of amides is 1. The maximum absolute atomic E-state index is 14.3. The predicted molar refractivity (Wildman–Crippen MR) is 117 cm³/mol. The van der Waals surface area contributed by atoms with Crippen molar-refractivity contribution in [1.82, 2.24) is 10.2 Å². The van der Waals surface area contributed by atoms with Crippen molar-refractivity contribution in [2.75, 3.05) is 12.0 Å². The van der Waals surface area contributed by atoms with Crippen LogP contribution in [0.2, 0.25) is 5.02 Å². The number of H-pyrrole nitrogens is 1. The first-order valence-corrected chi connectivity index (χ1v) is 10.3. The molecule has 32 heavy (non-hydrogen) atoms. The number of rotatable bonds is 3. The van der Waals surface area contributed by atoms with Crippen LogP contribution in [0.3, 0.4) is 0 Å². The van der Waals surface area contributed by atoms with Gasteiger partial charge in [-0.3, -0.25) is 9.89 Å². The van der Waals surface area contributed by atoms with Gasteiger partial charge < -0.3 is 20.1 Å². The van der Waals surface area contributed by atoms with Crippen LogP contribution in [0.15, 0.2) is 60.0 Å². The standard InChI is InChI=1S/C23H19ClN4O4/c1-12-17-20(27-26-12)32-19(25)18(21(29)31-2)23(17)14-8-4-6-10-16(14)28(22(23)30)11-13-7-3-5-9-15(13)24/h3-10H,11,25H2,1-2H3,(H,26,27)/t23-/m1/s1. The third-order valence-corrected chi connectivity index (χ3v) is 6.33. The first-order valence-electron chi connectivity index (χ1n) is 9.88. The molecule has 3 N–H and O–H groups in total. The van der Waals surface area contributed by atoms with E-state index in [2.05, 4.69) is 10.2 Å². The molecule has 0 fully saturated rings. The maximum atomic E-state index is 14.3. The molecule has 9 heteroatoms. The summed E-state index contributed by atoms with van der Waals surface area (Å²) in [4.78, 5) is 28.9. The summed E-state index contributed by atoms with van der Waals surface area (Å²) in [6, 6.07) is 14.6. The van der Waals surface area contributed by atoms with Gasteiger partial charge in [0.25, 0.3) is 0 Å². The summed E-state index contributed by atoms with van der Waals surface area (Å²) in [7, 11) is 1.24. The minimum atomic E-state index is -1.57. The van der Waals surface area contributed by atoms with Crippen LogP contribution in [-0.4, -0.2) is 29.2 Å². The van der Waals surface area contributed by atoms with Gasteiger partial charge in [-0.15, -0.1) is 5.10 Å². The molecule has 8 nitrogen and oxygen atoms in total. The Bertz CT molecular complexity index is 1310. The van der Waals surface area contributed by atoms with E-state index in [0.29, 0.717) is 27.5 Å². The van der Waals surface area contributed by atoms with Gasteiger partial charge in [0, 0.05) is 22.0 Å². The van der Waals surface area contributed by atoms with E-state index in [-0.39, 0.29) is 29.8 Å². The van der Waals surface area contributed by atoms with Crippen LogP contribution in [0, 0.1) is 6.92 Å². The zero-order chi connectivity index (χ0) is 22.6. The highest BCUT2D eigenvalue weighted by Crippen LogP contribution is 2.56. The molecular weight excluding hydrogens is 432 g/mol. The molecule has 0 saturated carbocycles. The predicted octanol–water partition coefficient (Wildman–Crippen LogP) is 2.94. The Morgan fingerprint density at radius 3 is 2.72 bits per heavy atom. The molecule has 1 amide bonds. The van der Waals surface area contributed by atoms with Gasteiger partial charge in [-0.05, 0) is 24.6 Å². The Morgan fingerprint density at radius 1 is 1.25 bits per heavy atom. The van der Waals surface area contributed by atoms with E-state index in [4.69, 9.17) is 26.8 Å². The van der Waals surface area contributed by atoms with Gasteiger partial charge in [-0.2, -0.15) is 0 Å². The summed E-state index contributed by atoms with van der Waals surface area (Å²) in [6.45, 7) is 1.97. The fraction of sp³-hybridized carbons (Fsp3) is 0.174. The van der Waals surface area contributed by atoms with E-state index in [0.717, 1.165) is 5.56 Å². The quantitative estimate of drug-likeness (QED) is 0.593. The van der Waals surface area contributed by atoms with Gasteiger partial charge in [-0.25, -0.2) is 4.79 Å². The fourth-order valence-corrected chi connectivity index (χ4v) is 4.83. The number of benzene rings is 2. The molecule has 3 aromatic rings. The lowest BCUT2D eigenvalue weighted by molar-refractivity contribution is -0.138. The Hall–Kier alpha value is -3.78. The molecule has 5 rings (SSSR count). The highest BCUT2D eigenvalue weighted by atomic mass is 35.5. The molecule has 0 saturated heterocycles.